The molecule has 0 saturated carbocycles. The molecule has 0 spiro atoms. The van der Waals surface area contributed by atoms with Gasteiger partial charge in [0.25, 0.3) is 11.8 Å². The van der Waals surface area contributed by atoms with Crippen LogP contribution in [0.4, 0.5) is 5.69 Å². The predicted octanol–water partition coefficient (Wildman–Crippen LogP) is 3.78. The number of ether oxygens (including phenoxy) is 1. The molecule has 25 heavy (non-hydrogen) atoms. The van der Waals surface area contributed by atoms with Crippen molar-refractivity contribution in [1.29, 1.82) is 0 Å². The van der Waals surface area contributed by atoms with Crippen molar-refractivity contribution in [2.45, 2.75) is 6.54 Å². The smallest absolute Gasteiger partial charge is 0.279 e. The van der Waals surface area contributed by atoms with E-state index in [1.807, 2.05) is 0 Å². The molecule has 2 aromatic carbocycles. The molecule has 3 rings (SSSR count). The standard InChI is InChI=1S/C18H14Cl2N2O3/c1-25-14-5-3-2-4-13(14)21-16-15(20)17(23)22(18(16)24)10-11-6-8-12(19)9-7-11/h2-9,21H,10H2,1H3. The predicted molar refractivity (Wildman–Crippen MR) is 96.5 cm³/mol. The summed E-state index contributed by atoms with van der Waals surface area (Å²) in [5.74, 6) is -0.495. The number of rotatable bonds is 5. The van der Waals surface area contributed by atoms with Crippen LogP contribution in [0, 0.1) is 0 Å². The normalized spacial score (nSPS) is 14.3. The van der Waals surface area contributed by atoms with Crippen LogP contribution in [0.2, 0.25) is 5.02 Å². The van der Waals surface area contributed by atoms with Gasteiger partial charge in [0.2, 0.25) is 0 Å². The first kappa shape index (κ1) is 17.3. The lowest BCUT2D eigenvalue weighted by molar-refractivity contribution is -0.138. The molecule has 0 atom stereocenters. The van der Waals surface area contributed by atoms with E-state index < -0.39 is 11.8 Å². The maximum absolute atomic E-state index is 12.6. The number of para-hydroxylation sites is 2. The SMILES string of the molecule is COc1ccccc1NC1=C(Cl)C(=O)N(Cc2ccc(Cl)cc2)C1=O. The molecular weight excluding hydrogens is 363 g/mol. The number of amides is 2. The fraction of sp³-hybridized carbons (Fsp3) is 0.111. The van der Waals surface area contributed by atoms with Crippen LogP contribution in [-0.2, 0) is 16.1 Å². The van der Waals surface area contributed by atoms with E-state index in [9.17, 15) is 9.59 Å². The molecule has 0 bridgehead atoms. The molecule has 1 aliphatic rings. The van der Waals surface area contributed by atoms with E-state index in [2.05, 4.69) is 5.32 Å². The maximum Gasteiger partial charge on any atom is 0.279 e. The molecule has 0 aliphatic carbocycles. The highest BCUT2D eigenvalue weighted by Gasteiger charge is 2.38. The molecule has 0 saturated heterocycles. The van der Waals surface area contributed by atoms with Crippen molar-refractivity contribution >= 4 is 40.7 Å². The monoisotopic (exact) mass is 376 g/mol. The first-order valence-electron chi connectivity index (χ1n) is 7.41. The summed E-state index contributed by atoms with van der Waals surface area (Å²) in [4.78, 5) is 26.1. The van der Waals surface area contributed by atoms with Crippen molar-refractivity contribution in [3.8, 4) is 5.75 Å². The second-order valence-corrected chi connectivity index (χ2v) is 6.15. The number of anilines is 1. The first-order valence-corrected chi connectivity index (χ1v) is 8.17. The lowest BCUT2D eigenvalue weighted by Gasteiger charge is -2.15. The third kappa shape index (κ3) is 3.48. The van der Waals surface area contributed by atoms with E-state index >= 15 is 0 Å². The maximum atomic E-state index is 12.6. The number of nitrogens with zero attached hydrogens (tertiary/aromatic N) is 1. The Morgan fingerprint density at radius 2 is 1.68 bits per heavy atom. The highest BCUT2D eigenvalue weighted by molar-refractivity contribution is 6.48. The lowest BCUT2D eigenvalue weighted by atomic mass is 10.2. The topological polar surface area (TPSA) is 58.6 Å². The van der Waals surface area contributed by atoms with E-state index in [0.29, 0.717) is 16.5 Å². The van der Waals surface area contributed by atoms with Gasteiger partial charge in [-0.3, -0.25) is 14.5 Å². The van der Waals surface area contributed by atoms with Gasteiger partial charge in [0.1, 0.15) is 16.5 Å². The second-order valence-electron chi connectivity index (χ2n) is 5.34. The molecular formula is C18H14Cl2N2O3. The number of nitrogens with one attached hydrogen (secondary N) is 1. The Hall–Kier alpha value is -2.50. The average molecular weight is 377 g/mol. The van der Waals surface area contributed by atoms with Gasteiger partial charge in [0.05, 0.1) is 19.3 Å². The van der Waals surface area contributed by atoms with Gasteiger partial charge >= 0.3 is 0 Å². The molecule has 0 aromatic heterocycles. The van der Waals surface area contributed by atoms with Gasteiger partial charge in [-0.1, -0.05) is 47.5 Å². The summed E-state index contributed by atoms with van der Waals surface area (Å²) in [6.07, 6.45) is 0. The van der Waals surface area contributed by atoms with Crippen LogP contribution in [0.25, 0.3) is 0 Å². The fourth-order valence-corrected chi connectivity index (χ4v) is 2.81. The van der Waals surface area contributed by atoms with Gasteiger partial charge < -0.3 is 10.1 Å². The van der Waals surface area contributed by atoms with Crippen LogP contribution >= 0.6 is 23.2 Å². The highest BCUT2D eigenvalue weighted by atomic mass is 35.5. The molecule has 2 aromatic rings. The molecule has 5 nitrogen and oxygen atoms in total. The number of imide groups is 1. The molecule has 1 aliphatic heterocycles. The summed E-state index contributed by atoms with van der Waals surface area (Å²) in [6.45, 7) is 0.113. The third-order valence-corrected chi connectivity index (χ3v) is 4.33. The van der Waals surface area contributed by atoms with Crippen molar-refractivity contribution in [1.82, 2.24) is 4.90 Å². The van der Waals surface area contributed by atoms with E-state index in [1.54, 1.807) is 48.5 Å². The van der Waals surface area contributed by atoms with Crippen molar-refractivity contribution in [3.05, 3.63) is 69.8 Å². The summed E-state index contributed by atoms with van der Waals surface area (Å²) in [7, 11) is 1.52. The fourth-order valence-electron chi connectivity index (χ4n) is 2.45. The molecule has 1 heterocycles. The van der Waals surface area contributed by atoms with E-state index in [-0.39, 0.29) is 17.3 Å². The quantitative estimate of drug-likeness (QED) is 0.806. The van der Waals surface area contributed by atoms with E-state index in [0.717, 1.165) is 10.5 Å². The highest BCUT2D eigenvalue weighted by Crippen LogP contribution is 2.30. The summed E-state index contributed by atoms with van der Waals surface area (Å²) < 4.78 is 5.24. The molecule has 0 fully saturated rings. The Balaban J connectivity index is 1.83. The van der Waals surface area contributed by atoms with Gasteiger partial charge in [-0.15, -0.1) is 0 Å². The van der Waals surface area contributed by atoms with E-state index in [4.69, 9.17) is 27.9 Å². The Labute approximate surface area is 154 Å². The Morgan fingerprint density at radius 1 is 1.00 bits per heavy atom. The van der Waals surface area contributed by atoms with Crippen LogP contribution < -0.4 is 10.1 Å². The minimum atomic E-state index is -0.543. The molecule has 128 valence electrons. The largest absolute Gasteiger partial charge is 0.495 e. The van der Waals surface area contributed by atoms with Gasteiger partial charge in [-0.05, 0) is 29.8 Å². The van der Waals surface area contributed by atoms with Gasteiger partial charge in [-0.25, -0.2) is 0 Å². The second kappa shape index (κ2) is 7.17. The number of carbonyl (C=O) groups is 2. The van der Waals surface area contributed by atoms with Crippen LogP contribution in [0.3, 0.4) is 0 Å². The average Bonchev–Trinajstić information content (AvgIpc) is 2.82. The third-order valence-electron chi connectivity index (χ3n) is 3.73. The zero-order valence-corrected chi connectivity index (χ0v) is 14.8. The molecule has 7 heteroatoms. The van der Waals surface area contributed by atoms with Crippen LogP contribution in [0.1, 0.15) is 5.56 Å². The minimum absolute atomic E-state index is 0.0325. The van der Waals surface area contributed by atoms with Crippen LogP contribution in [0.15, 0.2) is 59.3 Å². The summed E-state index contributed by atoms with van der Waals surface area (Å²) in [6, 6.07) is 14.0. The summed E-state index contributed by atoms with van der Waals surface area (Å²) in [5.41, 5.74) is 1.35. The number of carbonyl (C=O) groups excluding carboxylic acids is 2. The van der Waals surface area contributed by atoms with Crippen molar-refractivity contribution < 1.29 is 14.3 Å². The molecule has 0 unspecified atom stereocenters. The first-order chi connectivity index (χ1) is 12.0. The lowest BCUT2D eigenvalue weighted by Crippen LogP contribution is -2.31. The van der Waals surface area contributed by atoms with Crippen molar-refractivity contribution in [2.75, 3.05) is 12.4 Å². The van der Waals surface area contributed by atoms with Crippen molar-refractivity contribution in [2.24, 2.45) is 0 Å². The van der Waals surface area contributed by atoms with E-state index in [1.165, 1.54) is 7.11 Å². The summed E-state index contributed by atoms with van der Waals surface area (Å²) >= 11 is 12.0. The van der Waals surface area contributed by atoms with Crippen LogP contribution in [0.5, 0.6) is 5.75 Å². The van der Waals surface area contributed by atoms with Gasteiger partial charge in [0, 0.05) is 5.02 Å². The Kier molecular flexibility index (Phi) is 4.97. The number of hydrogen-bond acceptors (Lipinski definition) is 4. The van der Waals surface area contributed by atoms with Gasteiger partial charge in [-0.2, -0.15) is 0 Å². The van der Waals surface area contributed by atoms with Crippen molar-refractivity contribution in [3.63, 3.8) is 0 Å². The number of halogens is 2. The molecule has 2 amide bonds. The number of benzene rings is 2. The Morgan fingerprint density at radius 3 is 2.36 bits per heavy atom. The number of hydrogen-bond donors (Lipinski definition) is 1. The molecule has 0 radical (unpaired) electrons. The minimum Gasteiger partial charge on any atom is -0.495 e. The number of methoxy groups -OCH3 is 1. The zero-order chi connectivity index (χ0) is 18.0. The van der Waals surface area contributed by atoms with Gasteiger partial charge in [0.15, 0.2) is 0 Å². The molecule has 1 N–H and O–H groups in total. The summed E-state index contributed by atoms with van der Waals surface area (Å²) in [5, 5.41) is 3.34. The van der Waals surface area contributed by atoms with Crippen LogP contribution in [-0.4, -0.2) is 23.8 Å². The zero-order valence-electron chi connectivity index (χ0n) is 13.3. The Bertz CT molecular complexity index is 863.